The molecular weight excluding hydrogens is 122 g/mol. The highest BCUT2D eigenvalue weighted by Crippen LogP contribution is 2.09. The van der Waals surface area contributed by atoms with E-state index in [4.69, 9.17) is 0 Å². The lowest BCUT2D eigenvalue weighted by Gasteiger charge is -2.10. The number of hydrogen-bond acceptors (Lipinski definition) is 1. The molecule has 0 heterocycles. The second kappa shape index (κ2) is 2.74. The second-order valence-electron chi connectivity index (χ2n) is 2.65. The third-order valence-corrected chi connectivity index (χ3v) is 1.43. The van der Waals surface area contributed by atoms with Crippen LogP contribution in [-0.2, 0) is 0 Å². The number of rotatable bonds is 1. The van der Waals surface area contributed by atoms with Crippen LogP contribution in [0.3, 0.4) is 0 Å². The summed E-state index contributed by atoms with van der Waals surface area (Å²) in [7, 11) is 4.03. The Morgan fingerprint density at radius 3 is 2.40 bits per heavy atom. The van der Waals surface area contributed by atoms with Crippen molar-refractivity contribution in [3.05, 3.63) is 29.8 Å². The third-order valence-electron chi connectivity index (χ3n) is 1.43. The van der Waals surface area contributed by atoms with Crippen LogP contribution in [0.15, 0.2) is 18.2 Å². The van der Waals surface area contributed by atoms with Crippen LogP contribution in [0.1, 0.15) is 5.56 Å². The summed E-state index contributed by atoms with van der Waals surface area (Å²) in [6, 6.07) is 9.31. The molecule has 1 aromatic rings. The van der Waals surface area contributed by atoms with Gasteiger partial charge in [-0.1, -0.05) is 11.6 Å². The molecule has 0 saturated carbocycles. The Bertz CT molecular complexity index is 198. The summed E-state index contributed by atoms with van der Waals surface area (Å²) in [6.45, 7) is 2.07. The summed E-state index contributed by atoms with van der Waals surface area (Å²) in [5.74, 6) is 0. The predicted molar refractivity (Wildman–Crippen MR) is 44.3 cm³/mol. The van der Waals surface area contributed by atoms with E-state index in [1.165, 1.54) is 5.56 Å². The molecule has 1 aromatic carbocycles. The minimum atomic E-state index is 1.13. The van der Waals surface area contributed by atoms with Crippen molar-refractivity contribution in [3.8, 4) is 0 Å². The van der Waals surface area contributed by atoms with Crippen LogP contribution in [-0.4, -0.2) is 14.1 Å². The van der Waals surface area contributed by atoms with Crippen LogP contribution in [0.2, 0.25) is 0 Å². The maximum Gasteiger partial charge on any atom is 0.0441 e. The lowest BCUT2D eigenvalue weighted by molar-refractivity contribution is 1.13. The van der Waals surface area contributed by atoms with Crippen molar-refractivity contribution in [1.82, 2.24) is 0 Å². The minimum Gasteiger partial charge on any atom is -0.377 e. The van der Waals surface area contributed by atoms with E-state index in [1.807, 2.05) is 25.1 Å². The maximum absolute atomic E-state index is 3.16. The molecule has 10 heavy (non-hydrogen) atoms. The van der Waals surface area contributed by atoms with E-state index in [-0.39, 0.29) is 0 Å². The number of benzene rings is 1. The van der Waals surface area contributed by atoms with Gasteiger partial charge in [-0.3, -0.25) is 0 Å². The van der Waals surface area contributed by atoms with Gasteiger partial charge >= 0.3 is 0 Å². The zero-order valence-corrected chi connectivity index (χ0v) is 6.68. The Hall–Kier alpha value is -0.980. The number of hydrogen-bond donors (Lipinski definition) is 0. The van der Waals surface area contributed by atoms with Gasteiger partial charge in [0.1, 0.15) is 0 Å². The van der Waals surface area contributed by atoms with Crippen molar-refractivity contribution < 1.29 is 0 Å². The SMILES string of the molecule is Cc1c[c]c(N(C)C)cc1. The van der Waals surface area contributed by atoms with Gasteiger partial charge in [-0.25, -0.2) is 0 Å². The van der Waals surface area contributed by atoms with Crippen molar-refractivity contribution >= 4 is 5.69 Å². The molecule has 0 atom stereocenters. The van der Waals surface area contributed by atoms with E-state index < -0.39 is 0 Å². The molecule has 0 aliphatic rings. The van der Waals surface area contributed by atoms with Crippen LogP contribution in [0.4, 0.5) is 5.69 Å². The standard InChI is InChI=1S/C9H12N/c1-8-4-6-9(7-5-8)10(2)3/h4-6H,1-3H3. The normalized spacial score (nSPS) is 9.50. The van der Waals surface area contributed by atoms with Gasteiger partial charge in [-0.05, 0) is 19.1 Å². The molecule has 1 nitrogen and oxygen atoms in total. The van der Waals surface area contributed by atoms with Gasteiger partial charge in [0.05, 0.1) is 0 Å². The Labute approximate surface area is 62.3 Å². The number of anilines is 1. The lowest BCUT2D eigenvalue weighted by Crippen LogP contribution is -2.08. The van der Waals surface area contributed by atoms with Crippen LogP contribution in [0.25, 0.3) is 0 Å². The smallest absolute Gasteiger partial charge is 0.0441 e. The second-order valence-corrected chi connectivity index (χ2v) is 2.65. The van der Waals surface area contributed by atoms with Crippen molar-refractivity contribution in [3.63, 3.8) is 0 Å². The van der Waals surface area contributed by atoms with Gasteiger partial charge in [0.15, 0.2) is 0 Å². The molecular formula is C9H12N. The molecule has 1 rings (SSSR count). The Balaban J connectivity index is 2.89. The molecule has 0 aromatic heterocycles. The van der Waals surface area contributed by atoms with Crippen molar-refractivity contribution in [1.29, 1.82) is 0 Å². The van der Waals surface area contributed by atoms with E-state index >= 15 is 0 Å². The van der Waals surface area contributed by atoms with Crippen molar-refractivity contribution in [2.45, 2.75) is 6.92 Å². The molecule has 0 N–H and O–H groups in total. The van der Waals surface area contributed by atoms with Crippen LogP contribution >= 0.6 is 0 Å². The molecule has 1 heteroatoms. The zero-order chi connectivity index (χ0) is 7.56. The van der Waals surface area contributed by atoms with Crippen LogP contribution in [0.5, 0.6) is 0 Å². The van der Waals surface area contributed by atoms with Gasteiger partial charge in [-0.2, -0.15) is 0 Å². The Morgan fingerprint density at radius 2 is 2.00 bits per heavy atom. The number of nitrogens with zero attached hydrogens (tertiary/aromatic N) is 1. The third kappa shape index (κ3) is 1.50. The molecule has 0 aliphatic heterocycles. The van der Waals surface area contributed by atoms with Gasteiger partial charge in [0.2, 0.25) is 0 Å². The van der Waals surface area contributed by atoms with Crippen LogP contribution < -0.4 is 4.90 Å². The molecule has 0 spiro atoms. The first kappa shape index (κ1) is 7.13. The highest BCUT2D eigenvalue weighted by atomic mass is 15.1. The molecule has 53 valence electrons. The quantitative estimate of drug-likeness (QED) is 0.566. The van der Waals surface area contributed by atoms with Gasteiger partial charge in [0.25, 0.3) is 0 Å². The average Bonchev–Trinajstić information content (AvgIpc) is 1.88. The lowest BCUT2D eigenvalue weighted by atomic mass is 10.2. The molecule has 0 saturated heterocycles. The monoisotopic (exact) mass is 134 g/mol. The van der Waals surface area contributed by atoms with Gasteiger partial charge in [-0.15, -0.1) is 0 Å². The molecule has 1 radical (unpaired) electrons. The molecule has 0 bridgehead atoms. The first-order valence-electron chi connectivity index (χ1n) is 3.36. The summed E-state index contributed by atoms with van der Waals surface area (Å²) in [5.41, 5.74) is 2.39. The fourth-order valence-electron chi connectivity index (χ4n) is 0.773. The van der Waals surface area contributed by atoms with E-state index in [0.717, 1.165) is 5.69 Å². The summed E-state index contributed by atoms with van der Waals surface area (Å²) in [6.07, 6.45) is 0. The average molecular weight is 134 g/mol. The Morgan fingerprint density at radius 1 is 1.30 bits per heavy atom. The zero-order valence-electron chi connectivity index (χ0n) is 6.68. The van der Waals surface area contributed by atoms with Crippen LogP contribution in [0, 0.1) is 13.0 Å². The molecule has 0 aliphatic carbocycles. The van der Waals surface area contributed by atoms with Gasteiger partial charge < -0.3 is 4.90 Å². The fraction of sp³-hybridized carbons (Fsp3) is 0.333. The predicted octanol–water partition coefficient (Wildman–Crippen LogP) is 1.86. The summed E-state index contributed by atoms with van der Waals surface area (Å²) < 4.78 is 0. The van der Waals surface area contributed by atoms with E-state index in [0.29, 0.717) is 0 Å². The highest BCUT2D eigenvalue weighted by Gasteiger charge is 1.91. The summed E-state index contributed by atoms with van der Waals surface area (Å²) in [4.78, 5) is 2.04. The first-order valence-corrected chi connectivity index (χ1v) is 3.36. The first-order chi connectivity index (χ1) is 4.70. The summed E-state index contributed by atoms with van der Waals surface area (Å²) >= 11 is 0. The molecule has 0 fully saturated rings. The number of aryl methyl sites for hydroxylation is 1. The fourth-order valence-corrected chi connectivity index (χ4v) is 0.773. The van der Waals surface area contributed by atoms with Crippen molar-refractivity contribution in [2.24, 2.45) is 0 Å². The largest absolute Gasteiger partial charge is 0.377 e. The minimum absolute atomic E-state index is 1.13. The highest BCUT2D eigenvalue weighted by molar-refractivity contribution is 5.44. The maximum atomic E-state index is 3.16. The summed E-state index contributed by atoms with van der Waals surface area (Å²) in [5, 5.41) is 0. The van der Waals surface area contributed by atoms with Gasteiger partial charge in [0, 0.05) is 25.8 Å². The molecule has 0 unspecified atom stereocenters. The van der Waals surface area contributed by atoms with E-state index in [9.17, 15) is 0 Å². The Kier molecular flexibility index (Phi) is 1.95. The van der Waals surface area contributed by atoms with E-state index in [2.05, 4.69) is 25.1 Å². The topological polar surface area (TPSA) is 3.24 Å². The molecule has 0 amide bonds. The van der Waals surface area contributed by atoms with Crippen molar-refractivity contribution in [2.75, 3.05) is 19.0 Å². The van der Waals surface area contributed by atoms with E-state index in [1.54, 1.807) is 0 Å².